The van der Waals surface area contributed by atoms with Gasteiger partial charge in [-0.3, -0.25) is 14.4 Å². The van der Waals surface area contributed by atoms with Crippen LogP contribution in [-0.2, 0) is 27.5 Å². The topological polar surface area (TPSA) is 124 Å². The number of para-hydroxylation sites is 1. The van der Waals surface area contributed by atoms with Crippen LogP contribution < -0.4 is 16.0 Å². The van der Waals surface area contributed by atoms with Crippen molar-refractivity contribution in [3.05, 3.63) is 94.4 Å². The fourth-order valence-corrected chi connectivity index (χ4v) is 2.82. The van der Waals surface area contributed by atoms with Crippen LogP contribution in [0.15, 0.2) is 76.7 Å². The van der Waals surface area contributed by atoms with E-state index in [1.54, 1.807) is 66.7 Å². The number of amides is 3. The zero-order valence-corrected chi connectivity index (χ0v) is 18.1. The molecule has 33 heavy (non-hydrogen) atoms. The molecule has 0 unspecified atom stereocenters. The molecule has 0 radical (unpaired) electrons. The Bertz CT molecular complexity index is 1210. The number of rotatable bonds is 7. The second kappa shape index (κ2) is 11.3. The van der Waals surface area contributed by atoms with Gasteiger partial charge in [0.1, 0.15) is 23.2 Å². The Labute approximate surface area is 194 Å². The molecule has 8 nitrogen and oxygen atoms in total. The zero-order chi connectivity index (χ0) is 23.6. The van der Waals surface area contributed by atoms with E-state index >= 15 is 0 Å². The molecule has 166 valence electrons. The Morgan fingerprint density at radius 2 is 1.58 bits per heavy atom. The van der Waals surface area contributed by atoms with Crippen molar-refractivity contribution in [2.24, 2.45) is 0 Å². The van der Waals surface area contributed by atoms with Gasteiger partial charge in [-0.2, -0.15) is 5.26 Å². The number of anilines is 1. The number of carbonyl (C=O) groups excluding carboxylic acids is 3. The third kappa shape index (κ3) is 7.09. The van der Waals surface area contributed by atoms with Gasteiger partial charge < -0.3 is 20.4 Å². The molecule has 0 saturated carbocycles. The summed E-state index contributed by atoms with van der Waals surface area (Å²) in [7, 11) is 0. The molecule has 0 spiro atoms. The Kier molecular flexibility index (Phi) is 8.00. The van der Waals surface area contributed by atoms with E-state index in [0.29, 0.717) is 16.5 Å². The largest absolute Gasteiger partial charge is 0.460 e. The van der Waals surface area contributed by atoms with Gasteiger partial charge in [0.15, 0.2) is 0 Å². The quantitative estimate of drug-likeness (QED) is 0.282. The lowest BCUT2D eigenvalue weighted by molar-refractivity contribution is -0.136. The van der Waals surface area contributed by atoms with Gasteiger partial charge in [-0.1, -0.05) is 41.9 Å². The summed E-state index contributed by atoms with van der Waals surface area (Å²) in [5.41, 5.74) is 1.19. The van der Waals surface area contributed by atoms with Crippen molar-refractivity contribution in [3.63, 3.8) is 0 Å². The predicted octanol–water partition coefficient (Wildman–Crippen LogP) is 3.41. The van der Waals surface area contributed by atoms with E-state index in [-0.39, 0.29) is 24.4 Å². The first-order valence-electron chi connectivity index (χ1n) is 9.82. The number of hydrogen-bond acceptors (Lipinski definition) is 5. The molecule has 1 aromatic heterocycles. The van der Waals surface area contributed by atoms with Crippen LogP contribution in [0.25, 0.3) is 6.08 Å². The average Bonchev–Trinajstić information content (AvgIpc) is 3.28. The van der Waals surface area contributed by atoms with Crippen LogP contribution in [-0.4, -0.2) is 17.7 Å². The van der Waals surface area contributed by atoms with Gasteiger partial charge in [-0.05, 0) is 42.0 Å². The fraction of sp³-hybridized carbons (Fsp3) is 0.0833. The SMILES string of the molecule is N#C/C(=C/c1ccc(CNC(=O)C(=O)Nc2ccccc2)o1)C(=O)NCc1ccc(Cl)cc1. The van der Waals surface area contributed by atoms with Gasteiger partial charge in [-0.15, -0.1) is 0 Å². The number of nitrogens with zero attached hydrogens (tertiary/aromatic N) is 1. The van der Waals surface area contributed by atoms with E-state index in [2.05, 4.69) is 16.0 Å². The molecule has 3 amide bonds. The maximum atomic E-state index is 12.3. The lowest BCUT2D eigenvalue weighted by Crippen LogP contribution is -2.34. The Morgan fingerprint density at radius 1 is 0.879 bits per heavy atom. The first-order valence-corrected chi connectivity index (χ1v) is 10.2. The number of carbonyl (C=O) groups is 3. The lowest BCUT2D eigenvalue weighted by atomic mass is 10.2. The van der Waals surface area contributed by atoms with Crippen molar-refractivity contribution in [1.82, 2.24) is 10.6 Å². The molecule has 0 saturated heterocycles. The van der Waals surface area contributed by atoms with Crippen molar-refractivity contribution in [3.8, 4) is 6.07 Å². The summed E-state index contributed by atoms with van der Waals surface area (Å²) in [5, 5.41) is 17.5. The van der Waals surface area contributed by atoms with Crippen LogP contribution in [0.2, 0.25) is 5.02 Å². The van der Waals surface area contributed by atoms with E-state index in [0.717, 1.165) is 5.56 Å². The van der Waals surface area contributed by atoms with Crippen LogP contribution in [0.1, 0.15) is 17.1 Å². The van der Waals surface area contributed by atoms with Gasteiger partial charge >= 0.3 is 11.8 Å². The number of nitriles is 1. The molecular weight excluding hydrogens is 444 g/mol. The van der Waals surface area contributed by atoms with E-state index in [9.17, 15) is 19.6 Å². The van der Waals surface area contributed by atoms with Crippen LogP contribution in [0.3, 0.4) is 0 Å². The second-order valence-corrected chi connectivity index (χ2v) is 7.22. The first kappa shape index (κ1) is 23.3. The highest BCUT2D eigenvalue weighted by Crippen LogP contribution is 2.13. The summed E-state index contributed by atoms with van der Waals surface area (Å²) in [6, 6.07) is 20.5. The number of halogens is 1. The molecule has 9 heteroatoms. The van der Waals surface area contributed by atoms with Crippen LogP contribution in [0.5, 0.6) is 0 Å². The maximum absolute atomic E-state index is 12.3. The maximum Gasteiger partial charge on any atom is 0.313 e. The van der Waals surface area contributed by atoms with E-state index in [1.807, 2.05) is 6.07 Å². The Balaban J connectivity index is 1.52. The highest BCUT2D eigenvalue weighted by atomic mass is 35.5. The first-order chi connectivity index (χ1) is 15.9. The molecule has 1 heterocycles. The van der Waals surface area contributed by atoms with Crippen molar-refractivity contribution in [1.29, 1.82) is 5.26 Å². The predicted molar refractivity (Wildman–Crippen MR) is 123 cm³/mol. The highest BCUT2D eigenvalue weighted by Gasteiger charge is 2.15. The summed E-state index contributed by atoms with van der Waals surface area (Å²) in [6.07, 6.45) is 1.30. The second-order valence-electron chi connectivity index (χ2n) is 6.79. The standard InChI is InChI=1S/C24H19ClN4O4/c25-18-8-6-16(7-9-18)14-27-22(30)17(13-26)12-20-10-11-21(33-20)15-28-23(31)24(32)29-19-4-2-1-3-5-19/h1-12H,14-15H2,(H,27,30)(H,28,31)(H,29,32)/b17-12-. The van der Waals surface area contributed by atoms with Crippen molar-refractivity contribution < 1.29 is 18.8 Å². The highest BCUT2D eigenvalue weighted by molar-refractivity contribution is 6.39. The summed E-state index contributed by atoms with van der Waals surface area (Å²) in [4.78, 5) is 36.2. The minimum absolute atomic E-state index is 0.0421. The molecule has 2 aromatic carbocycles. The average molecular weight is 463 g/mol. The monoisotopic (exact) mass is 462 g/mol. The summed E-state index contributed by atoms with van der Waals surface area (Å²) in [6.45, 7) is 0.190. The Hall–Kier alpha value is -4.35. The third-order valence-electron chi connectivity index (χ3n) is 4.36. The molecule has 3 rings (SSSR count). The van der Waals surface area contributed by atoms with Gasteiger partial charge in [0, 0.05) is 23.3 Å². The van der Waals surface area contributed by atoms with Gasteiger partial charge in [0.05, 0.1) is 6.54 Å². The number of furan rings is 1. The summed E-state index contributed by atoms with van der Waals surface area (Å²) >= 11 is 5.83. The minimum atomic E-state index is -0.827. The molecular formula is C24H19ClN4O4. The van der Waals surface area contributed by atoms with E-state index in [1.165, 1.54) is 6.08 Å². The van der Waals surface area contributed by atoms with Crippen LogP contribution in [0, 0.1) is 11.3 Å². The van der Waals surface area contributed by atoms with Crippen molar-refractivity contribution in [2.75, 3.05) is 5.32 Å². The van der Waals surface area contributed by atoms with Gasteiger partial charge in [0.25, 0.3) is 5.91 Å². The van der Waals surface area contributed by atoms with Gasteiger partial charge in [0.2, 0.25) is 0 Å². The molecule has 0 aliphatic heterocycles. The van der Waals surface area contributed by atoms with E-state index in [4.69, 9.17) is 16.0 Å². The molecule has 3 aromatic rings. The summed E-state index contributed by atoms with van der Waals surface area (Å²) in [5.74, 6) is -1.59. The lowest BCUT2D eigenvalue weighted by Gasteiger charge is -2.05. The fourth-order valence-electron chi connectivity index (χ4n) is 2.69. The minimum Gasteiger partial charge on any atom is -0.460 e. The molecule has 0 fully saturated rings. The third-order valence-corrected chi connectivity index (χ3v) is 4.61. The molecule has 3 N–H and O–H groups in total. The van der Waals surface area contributed by atoms with Crippen molar-refractivity contribution in [2.45, 2.75) is 13.1 Å². The van der Waals surface area contributed by atoms with Gasteiger partial charge in [-0.25, -0.2) is 0 Å². The number of hydrogen-bond donors (Lipinski definition) is 3. The normalized spacial score (nSPS) is 10.7. The molecule has 0 aliphatic rings. The number of nitrogens with one attached hydrogen (secondary N) is 3. The Morgan fingerprint density at radius 3 is 2.27 bits per heavy atom. The van der Waals surface area contributed by atoms with Crippen LogP contribution in [0.4, 0.5) is 5.69 Å². The van der Waals surface area contributed by atoms with Crippen LogP contribution >= 0.6 is 11.6 Å². The number of benzene rings is 2. The molecule has 0 aliphatic carbocycles. The van der Waals surface area contributed by atoms with E-state index < -0.39 is 17.7 Å². The zero-order valence-electron chi connectivity index (χ0n) is 17.3. The molecule has 0 atom stereocenters. The smallest absolute Gasteiger partial charge is 0.313 e. The van der Waals surface area contributed by atoms with Crippen molar-refractivity contribution >= 4 is 41.1 Å². The molecule has 0 bridgehead atoms. The summed E-state index contributed by atoms with van der Waals surface area (Å²) < 4.78 is 5.52.